The van der Waals surface area contributed by atoms with Crippen LogP contribution in [0.4, 0.5) is 0 Å². The first-order valence-electron chi connectivity index (χ1n) is 9.16. The van der Waals surface area contributed by atoms with Crippen molar-refractivity contribution in [1.29, 1.82) is 0 Å². The first-order chi connectivity index (χ1) is 12.5. The fourth-order valence-corrected chi connectivity index (χ4v) is 4.01. The quantitative estimate of drug-likeness (QED) is 0.782. The van der Waals surface area contributed by atoms with Gasteiger partial charge in [-0.25, -0.2) is 0 Å². The van der Waals surface area contributed by atoms with Crippen LogP contribution in [0.25, 0.3) is 0 Å². The maximum Gasteiger partial charge on any atom is 0.255 e. The number of benzene rings is 1. The molecule has 26 heavy (non-hydrogen) atoms. The summed E-state index contributed by atoms with van der Waals surface area (Å²) < 4.78 is 6.09. The summed E-state index contributed by atoms with van der Waals surface area (Å²) in [4.78, 5) is 37.7. The summed E-state index contributed by atoms with van der Waals surface area (Å²) in [6, 6.07) is 4.92. The number of carbonyl (C=O) groups excluding carboxylic acids is 3. The number of piperidine rings is 2. The molecule has 2 fully saturated rings. The third-order valence-electron chi connectivity index (χ3n) is 5.33. The largest absolute Gasteiger partial charge is 0.489 e. The third-order valence-corrected chi connectivity index (χ3v) is 5.33. The monoisotopic (exact) mass is 357 g/mol. The lowest BCUT2D eigenvalue weighted by molar-refractivity contribution is -0.136. The highest BCUT2D eigenvalue weighted by atomic mass is 16.5. The Morgan fingerprint density at radius 2 is 2.04 bits per heavy atom. The summed E-state index contributed by atoms with van der Waals surface area (Å²) in [6.45, 7) is 4.40. The van der Waals surface area contributed by atoms with Crippen LogP contribution in [0, 0.1) is 5.92 Å². The predicted octanol–water partition coefficient (Wildman–Crippen LogP) is 0.824. The number of rotatable bonds is 3. The highest BCUT2D eigenvalue weighted by Gasteiger charge is 2.39. The molecule has 1 aromatic rings. The molecular weight excluding hydrogens is 334 g/mol. The van der Waals surface area contributed by atoms with Crippen LogP contribution < -0.4 is 15.4 Å². The van der Waals surface area contributed by atoms with Crippen molar-refractivity contribution in [2.45, 2.75) is 44.9 Å². The summed E-state index contributed by atoms with van der Waals surface area (Å²) >= 11 is 0. The van der Waals surface area contributed by atoms with E-state index < -0.39 is 6.04 Å². The van der Waals surface area contributed by atoms with E-state index in [1.165, 1.54) is 0 Å². The van der Waals surface area contributed by atoms with Gasteiger partial charge in [0.25, 0.3) is 5.91 Å². The maximum atomic E-state index is 12.7. The van der Waals surface area contributed by atoms with Gasteiger partial charge >= 0.3 is 0 Å². The standard InChI is InChI=1S/C19H23N3O4/c1-11-6-14(9-20-8-11)26-13-2-3-15-12(7-13)10-22(19(15)25)16-4-5-17(23)21-18(16)24/h2-3,7,11,14,16,20H,4-6,8-10H2,1H3,(H,21,23,24)/t11-,14-,16?/m1/s1. The molecule has 7 heteroatoms. The molecule has 0 radical (unpaired) electrons. The van der Waals surface area contributed by atoms with E-state index in [1.807, 2.05) is 12.1 Å². The third kappa shape index (κ3) is 3.19. The molecule has 3 heterocycles. The first-order valence-corrected chi connectivity index (χ1v) is 9.16. The summed E-state index contributed by atoms with van der Waals surface area (Å²) in [5, 5.41) is 5.68. The molecule has 4 rings (SSSR count). The maximum absolute atomic E-state index is 12.7. The molecule has 3 amide bonds. The van der Waals surface area contributed by atoms with E-state index >= 15 is 0 Å². The molecule has 3 aliphatic rings. The van der Waals surface area contributed by atoms with Crippen molar-refractivity contribution >= 4 is 17.7 Å². The van der Waals surface area contributed by atoms with E-state index in [0.717, 1.165) is 30.8 Å². The van der Waals surface area contributed by atoms with Crippen LogP contribution in [0.3, 0.4) is 0 Å². The van der Waals surface area contributed by atoms with Gasteiger partial charge in [0.2, 0.25) is 11.8 Å². The number of amides is 3. The second-order valence-corrected chi connectivity index (χ2v) is 7.46. The molecule has 138 valence electrons. The van der Waals surface area contributed by atoms with Gasteiger partial charge in [-0.15, -0.1) is 0 Å². The number of nitrogens with one attached hydrogen (secondary N) is 2. The minimum absolute atomic E-state index is 0.125. The number of hydrogen-bond donors (Lipinski definition) is 2. The summed E-state index contributed by atoms with van der Waals surface area (Å²) in [7, 11) is 0. The molecule has 0 aliphatic carbocycles. The average molecular weight is 357 g/mol. The molecule has 0 bridgehead atoms. The van der Waals surface area contributed by atoms with Crippen LogP contribution in [0.2, 0.25) is 0 Å². The Balaban J connectivity index is 1.48. The van der Waals surface area contributed by atoms with Crippen LogP contribution in [-0.2, 0) is 16.1 Å². The van der Waals surface area contributed by atoms with Gasteiger partial charge in [-0.3, -0.25) is 19.7 Å². The minimum atomic E-state index is -0.583. The minimum Gasteiger partial charge on any atom is -0.489 e. The van der Waals surface area contributed by atoms with Crippen molar-refractivity contribution in [2.24, 2.45) is 5.92 Å². The van der Waals surface area contributed by atoms with Crippen LogP contribution in [0.15, 0.2) is 18.2 Å². The molecular formula is C19H23N3O4. The van der Waals surface area contributed by atoms with Crippen LogP contribution in [-0.4, -0.2) is 47.9 Å². The lowest BCUT2D eigenvalue weighted by Gasteiger charge is -2.29. The van der Waals surface area contributed by atoms with Crippen LogP contribution in [0.5, 0.6) is 5.75 Å². The van der Waals surface area contributed by atoms with Gasteiger partial charge in [-0.1, -0.05) is 6.92 Å². The fraction of sp³-hybridized carbons (Fsp3) is 0.526. The number of carbonyl (C=O) groups is 3. The van der Waals surface area contributed by atoms with Crippen molar-refractivity contribution in [3.63, 3.8) is 0 Å². The fourth-order valence-electron chi connectivity index (χ4n) is 4.01. The zero-order valence-corrected chi connectivity index (χ0v) is 14.8. The summed E-state index contributed by atoms with van der Waals surface area (Å²) in [6.07, 6.45) is 1.77. The molecule has 3 atom stereocenters. The first kappa shape index (κ1) is 17.0. The number of imide groups is 1. The van der Waals surface area contributed by atoms with E-state index in [4.69, 9.17) is 4.74 Å². The van der Waals surface area contributed by atoms with Crippen molar-refractivity contribution < 1.29 is 19.1 Å². The van der Waals surface area contributed by atoms with E-state index in [-0.39, 0.29) is 30.2 Å². The number of ether oxygens (including phenoxy) is 1. The smallest absolute Gasteiger partial charge is 0.255 e. The van der Waals surface area contributed by atoms with Gasteiger partial charge in [0.15, 0.2) is 0 Å². The molecule has 1 unspecified atom stereocenters. The van der Waals surface area contributed by atoms with E-state index in [0.29, 0.717) is 24.4 Å². The van der Waals surface area contributed by atoms with Crippen LogP contribution in [0.1, 0.15) is 42.1 Å². The normalized spacial score (nSPS) is 28.7. The summed E-state index contributed by atoms with van der Waals surface area (Å²) in [5.41, 5.74) is 1.48. The Bertz CT molecular complexity index is 763. The van der Waals surface area contributed by atoms with Gasteiger partial charge < -0.3 is 15.0 Å². The number of nitrogens with zero attached hydrogens (tertiary/aromatic N) is 1. The van der Waals surface area contributed by atoms with E-state index in [1.54, 1.807) is 11.0 Å². The van der Waals surface area contributed by atoms with Gasteiger partial charge in [-0.05, 0) is 49.1 Å². The van der Waals surface area contributed by atoms with Crippen LogP contribution >= 0.6 is 0 Å². The van der Waals surface area contributed by atoms with E-state index in [2.05, 4.69) is 17.6 Å². The lowest BCUT2D eigenvalue weighted by Crippen LogP contribution is -2.52. The van der Waals surface area contributed by atoms with Crippen molar-refractivity contribution in [3.05, 3.63) is 29.3 Å². The lowest BCUT2D eigenvalue weighted by atomic mass is 9.99. The molecule has 1 aromatic carbocycles. The molecule has 3 aliphatic heterocycles. The topological polar surface area (TPSA) is 87.7 Å². The highest BCUT2D eigenvalue weighted by molar-refractivity contribution is 6.05. The Hall–Kier alpha value is -2.41. The second kappa shape index (κ2) is 6.72. The van der Waals surface area contributed by atoms with Gasteiger partial charge in [0.1, 0.15) is 17.9 Å². The molecule has 0 spiro atoms. The van der Waals surface area contributed by atoms with E-state index in [9.17, 15) is 14.4 Å². The van der Waals surface area contributed by atoms with Crippen molar-refractivity contribution in [1.82, 2.24) is 15.5 Å². The molecule has 2 N–H and O–H groups in total. The second-order valence-electron chi connectivity index (χ2n) is 7.46. The Morgan fingerprint density at radius 1 is 1.19 bits per heavy atom. The van der Waals surface area contributed by atoms with Crippen molar-refractivity contribution in [3.8, 4) is 5.75 Å². The predicted molar refractivity (Wildman–Crippen MR) is 93.6 cm³/mol. The summed E-state index contributed by atoms with van der Waals surface area (Å²) in [5.74, 6) is 0.506. The van der Waals surface area contributed by atoms with Gasteiger partial charge in [0, 0.05) is 25.1 Å². The van der Waals surface area contributed by atoms with Gasteiger partial charge in [-0.2, -0.15) is 0 Å². The molecule has 2 saturated heterocycles. The van der Waals surface area contributed by atoms with Crippen molar-refractivity contribution in [2.75, 3.05) is 13.1 Å². The Morgan fingerprint density at radius 3 is 2.81 bits per heavy atom. The number of hydrogen-bond acceptors (Lipinski definition) is 5. The Kier molecular flexibility index (Phi) is 4.40. The molecule has 7 nitrogen and oxygen atoms in total. The molecule has 0 saturated carbocycles. The zero-order chi connectivity index (χ0) is 18.3. The zero-order valence-electron chi connectivity index (χ0n) is 14.8. The average Bonchev–Trinajstić information content (AvgIpc) is 2.91. The Labute approximate surface area is 152 Å². The molecule has 0 aromatic heterocycles. The highest BCUT2D eigenvalue weighted by Crippen LogP contribution is 2.30. The SMILES string of the molecule is C[C@H]1CNC[C@H](Oc2ccc3c(c2)CN(C2CCC(=O)NC2=O)C3=O)C1. The number of fused-ring (bicyclic) bond motifs is 1. The van der Waals surface area contributed by atoms with Gasteiger partial charge in [0.05, 0.1) is 0 Å².